The highest BCUT2D eigenvalue weighted by Gasteiger charge is 2.17. The van der Waals surface area contributed by atoms with Gasteiger partial charge < -0.3 is 20.6 Å². The molecular formula is C13H15N5O3S. The van der Waals surface area contributed by atoms with E-state index in [0.717, 1.165) is 11.3 Å². The van der Waals surface area contributed by atoms with Crippen molar-refractivity contribution in [2.24, 2.45) is 0 Å². The maximum atomic E-state index is 12.0. The minimum absolute atomic E-state index is 0.113. The van der Waals surface area contributed by atoms with E-state index in [1.807, 2.05) is 25.1 Å². The van der Waals surface area contributed by atoms with E-state index in [2.05, 4.69) is 15.5 Å². The van der Waals surface area contributed by atoms with Gasteiger partial charge in [0.1, 0.15) is 6.33 Å². The summed E-state index contributed by atoms with van der Waals surface area (Å²) in [7, 11) is 0. The number of aromatic nitrogens is 3. The minimum Gasteiger partial charge on any atom is -0.454 e. The van der Waals surface area contributed by atoms with Crippen molar-refractivity contribution < 1.29 is 14.3 Å². The maximum Gasteiger partial charge on any atom is 0.231 e. The molecule has 1 aliphatic heterocycles. The van der Waals surface area contributed by atoms with Gasteiger partial charge in [-0.05, 0) is 24.6 Å². The third-order valence-electron chi connectivity index (χ3n) is 3.15. The van der Waals surface area contributed by atoms with Gasteiger partial charge >= 0.3 is 0 Å². The van der Waals surface area contributed by atoms with Gasteiger partial charge in [-0.3, -0.25) is 4.79 Å². The number of carbonyl (C=O) groups excluding carboxylic acids is 1. The second-order valence-electron chi connectivity index (χ2n) is 4.71. The standard InChI is InChI=1S/C13H15N5O3S/c1-8(9-2-3-10-11(4-9)21-7-20-10)16-12(19)5-22-13-17-15-6-18(13)14/h2-4,6,8H,5,7,14H2,1H3,(H,16,19)/t8-/m1/s1. The van der Waals surface area contributed by atoms with Crippen LogP contribution in [0, 0.1) is 0 Å². The van der Waals surface area contributed by atoms with E-state index in [1.165, 1.54) is 22.8 Å². The van der Waals surface area contributed by atoms with Crippen molar-refractivity contribution in [3.05, 3.63) is 30.1 Å². The molecule has 1 atom stereocenters. The maximum absolute atomic E-state index is 12.0. The summed E-state index contributed by atoms with van der Waals surface area (Å²) in [5, 5.41) is 10.9. The van der Waals surface area contributed by atoms with Gasteiger partial charge in [0.05, 0.1) is 11.8 Å². The van der Waals surface area contributed by atoms with Crippen molar-refractivity contribution >= 4 is 17.7 Å². The van der Waals surface area contributed by atoms with Gasteiger partial charge in [-0.15, -0.1) is 10.2 Å². The third kappa shape index (κ3) is 3.08. The first-order valence-corrected chi connectivity index (χ1v) is 7.59. The molecule has 0 spiro atoms. The smallest absolute Gasteiger partial charge is 0.231 e. The molecule has 1 aliphatic rings. The molecule has 22 heavy (non-hydrogen) atoms. The van der Waals surface area contributed by atoms with E-state index in [9.17, 15) is 4.79 Å². The first-order chi connectivity index (χ1) is 10.6. The number of hydrogen-bond donors (Lipinski definition) is 2. The molecule has 0 saturated heterocycles. The fourth-order valence-corrected chi connectivity index (χ4v) is 2.66. The molecule has 1 amide bonds. The highest BCUT2D eigenvalue weighted by Crippen LogP contribution is 2.34. The average molecular weight is 321 g/mol. The average Bonchev–Trinajstić information content (AvgIpc) is 3.12. The zero-order valence-electron chi connectivity index (χ0n) is 11.9. The molecule has 0 radical (unpaired) electrons. The highest BCUT2D eigenvalue weighted by molar-refractivity contribution is 7.99. The summed E-state index contributed by atoms with van der Waals surface area (Å²) in [4.78, 5) is 12.0. The molecule has 2 heterocycles. The largest absolute Gasteiger partial charge is 0.454 e. The van der Waals surface area contributed by atoms with E-state index in [-0.39, 0.29) is 24.5 Å². The van der Waals surface area contributed by atoms with Crippen molar-refractivity contribution in [2.75, 3.05) is 18.4 Å². The topological polar surface area (TPSA) is 104 Å². The van der Waals surface area contributed by atoms with Crippen LogP contribution in [0.4, 0.5) is 0 Å². The Balaban J connectivity index is 1.56. The Morgan fingerprint density at radius 3 is 3.09 bits per heavy atom. The zero-order valence-corrected chi connectivity index (χ0v) is 12.7. The second kappa shape index (κ2) is 6.14. The number of amides is 1. The number of nitrogen functional groups attached to an aromatic ring is 1. The molecule has 0 aliphatic carbocycles. The summed E-state index contributed by atoms with van der Waals surface area (Å²) in [6, 6.07) is 5.48. The quantitative estimate of drug-likeness (QED) is 0.616. The molecule has 3 rings (SSSR count). The summed E-state index contributed by atoms with van der Waals surface area (Å²) >= 11 is 1.23. The predicted octanol–water partition coefficient (Wildman–Crippen LogP) is 0.690. The van der Waals surface area contributed by atoms with E-state index < -0.39 is 0 Å². The van der Waals surface area contributed by atoms with E-state index >= 15 is 0 Å². The lowest BCUT2D eigenvalue weighted by atomic mass is 10.1. The Morgan fingerprint density at radius 2 is 2.32 bits per heavy atom. The van der Waals surface area contributed by atoms with Crippen molar-refractivity contribution in [1.82, 2.24) is 20.2 Å². The molecule has 0 fully saturated rings. The molecule has 8 nitrogen and oxygen atoms in total. The Labute approximate surface area is 131 Å². The summed E-state index contributed by atoms with van der Waals surface area (Å²) < 4.78 is 11.9. The number of fused-ring (bicyclic) bond motifs is 1. The minimum atomic E-state index is -0.140. The summed E-state index contributed by atoms with van der Waals surface area (Å²) in [6.45, 7) is 2.14. The van der Waals surface area contributed by atoms with Crippen LogP contribution in [0.3, 0.4) is 0 Å². The van der Waals surface area contributed by atoms with E-state index in [0.29, 0.717) is 10.9 Å². The fourth-order valence-electron chi connectivity index (χ4n) is 2.01. The van der Waals surface area contributed by atoms with Crippen LogP contribution in [0.15, 0.2) is 29.7 Å². The van der Waals surface area contributed by atoms with Gasteiger partial charge in [-0.2, -0.15) is 0 Å². The van der Waals surface area contributed by atoms with Crippen LogP contribution in [0.2, 0.25) is 0 Å². The van der Waals surface area contributed by atoms with E-state index in [4.69, 9.17) is 15.3 Å². The molecule has 2 aromatic rings. The van der Waals surface area contributed by atoms with Gasteiger partial charge in [-0.1, -0.05) is 17.8 Å². The number of rotatable bonds is 5. The van der Waals surface area contributed by atoms with Crippen LogP contribution in [0.1, 0.15) is 18.5 Å². The highest BCUT2D eigenvalue weighted by atomic mass is 32.2. The lowest BCUT2D eigenvalue weighted by Gasteiger charge is -2.14. The van der Waals surface area contributed by atoms with Gasteiger partial charge in [0.15, 0.2) is 11.5 Å². The van der Waals surface area contributed by atoms with Crippen LogP contribution in [-0.4, -0.2) is 33.3 Å². The number of thioether (sulfide) groups is 1. The SMILES string of the molecule is C[C@@H](NC(=O)CSc1nncn1N)c1ccc2c(c1)OCO2. The Kier molecular flexibility index (Phi) is 4.05. The molecule has 116 valence electrons. The van der Waals surface area contributed by atoms with Crippen LogP contribution >= 0.6 is 11.8 Å². The van der Waals surface area contributed by atoms with Crippen molar-refractivity contribution in [3.63, 3.8) is 0 Å². The van der Waals surface area contributed by atoms with Gasteiger partial charge in [0.25, 0.3) is 0 Å². The van der Waals surface area contributed by atoms with Gasteiger partial charge in [0, 0.05) is 0 Å². The number of nitrogens with one attached hydrogen (secondary N) is 1. The third-order valence-corrected chi connectivity index (χ3v) is 4.10. The van der Waals surface area contributed by atoms with Crippen molar-refractivity contribution in [1.29, 1.82) is 0 Å². The van der Waals surface area contributed by atoms with Crippen LogP contribution < -0.4 is 20.6 Å². The lowest BCUT2D eigenvalue weighted by Crippen LogP contribution is -2.28. The Bertz CT molecular complexity index is 690. The van der Waals surface area contributed by atoms with Gasteiger partial charge in [-0.25, -0.2) is 4.68 Å². The van der Waals surface area contributed by atoms with Crippen LogP contribution in [0.25, 0.3) is 0 Å². The first-order valence-electron chi connectivity index (χ1n) is 6.60. The number of benzene rings is 1. The molecule has 0 unspecified atom stereocenters. The van der Waals surface area contributed by atoms with Crippen LogP contribution in [0.5, 0.6) is 11.5 Å². The molecule has 1 aromatic heterocycles. The number of carbonyl (C=O) groups is 1. The van der Waals surface area contributed by atoms with Gasteiger partial charge in [0.2, 0.25) is 17.9 Å². The number of nitrogens with two attached hydrogens (primary N) is 1. The normalized spacial score (nSPS) is 13.9. The second-order valence-corrected chi connectivity index (χ2v) is 5.65. The number of nitrogens with zero attached hydrogens (tertiary/aromatic N) is 3. The molecule has 0 bridgehead atoms. The Hall–Kier alpha value is -2.42. The molecular weight excluding hydrogens is 306 g/mol. The van der Waals surface area contributed by atoms with Crippen molar-refractivity contribution in [2.45, 2.75) is 18.1 Å². The summed E-state index contributed by atoms with van der Waals surface area (Å²) in [5.41, 5.74) is 0.949. The lowest BCUT2D eigenvalue weighted by molar-refractivity contribution is -0.119. The zero-order chi connectivity index (χ0) is 15.5. The number of hydrogen-bond acceptors (Lipinski definition) is 7. The number of ether oxygens (including phenoxy) is 2. The monoisotopic (exact) mass is 321 g/mol. The van der Waals surface area contributed by atoms with Crippen molar-refractivity contribution in [3.8, 4) is 11.5 Å². The van der Waals surface area contributed by atoms with E-state index in [1.54, 1.807) is 0 Å². The first kappa shape index (κ1) is 14.5. The molecule has 3 N–H and O–H groups in total. The summed E-state index contributed by atoms with van der Waals surface area (Å²) in [6.07, 6.45) is 1.38. The summed E-state index contributed by atoms with van der Waals surface area (Å²) in [5.74, 6) is 7.11. The molecule has 1 aromatic carbocycles. The van der Waals surface area contributed by atoms with Crippen LogP contribution in [-0.2, 0) is 4.79 Å². The molecule has 0 saturated carbocycles. The Morgan fingerprint density at radius 1 is 1.50 bits per heavy atom. The predicted molar refractivity (Wildman–Crippen MR) is 80.0 cm³/mol. The molecule has 9 heteroatoms. The fraction of sp³-hybridized carbons (Fsp3) is 0.308.